The van der Waals surface area contributed by atoms with E-state index in [4.69, 9.17) is 0 Å². The fraction of sp³-hybridized carbons (Fsp3) is 0.286. The fourth-order valence-electron chi connectivity index (χ4n) is 1.86. The summed E-state index contributed by atoms with van der Waals surface area (Å²) in [4.78, 5) is 8.05. The third-order valence-electron chi connectivity index (χ3n) is 3.04. The zero-order valence-electron chi connectivity index (χ0n) is 12.0. The fourth-order valence-corrected chi connectivity index (χ4v) is 2.99. The molecule has 112 valence electrons. The van der Waals surface area contributed by atoms with Crippen LogP contribution in [-0.2, 0) is 16.6 Å². The Labute approximate surface area is 124 Å². The van der Waals surface area contributed by atoms with Crippen LogP contribution in [0.2, 0.25) is 0 Å². The average molecular weight is 306 g/mol. The maximum absolute atomic E-state index is 12.4. The minimum atomic E-state index is -3.63. The second kappa shape index (κ2) is 6.64. The van der Waals surface area contributed by atoms with Crippen LogP contribution in [0.25, 0.3) is 0 Å². The highest BCUT2D eigenvalue weighted by Crippen LogP contribution is 2.19. The second-order valence-electron chi connectivity index (χ2n) is 4.53. The highest BCUT2D eigenvalue weighted by atomic mass is 32.2. The quantitative estimate of drug-likeness (QED) is 0.848. The predicted molar refractivity (Wildman–Crippen MR) is 81.4 cm³/mol. The maximum Gasteiger partial charge on any atom is 0.244 e. The van der Waals surface area contributed by atoms with Crippen molar-refractivity contribution in [3.63, 3.8) is 0 Å². The van der Waals surface area contributed by atoms with Gasteiger partial charge in [-0.2, -0.15) is 0 Å². The van der Waals surface area contributed by atoms with E-state index in [2.05, 4.69) is 20.0 Å². The Morgan fingerprint density at radius 3 is 2.57 bits per heavy atom. The molecule has 21 heavy (non-hydrogen) atoms. The lowest BCUT2D eigenvalue weighted by Crippen LogP contribution is -2.25. The summed E-state index contributed by atoms with van der Waals surface area (Å²) in [5, 5.41) is 3.02. The van der Waals surface area contributed by atoms with Gasteiger partial charge in [0, 0.05) is 37.9 Å². The molecule has 0 amide bonds. The van der Waals surface area contributed by atoms with Crippen LogP contribution in [0.4, 0.5) is 5.69 Å². The summed E-state index contributed by atoms with van der Waals surface area (Å²) in [5.41, 5.74) is 2.38. The van der Waals surface area contributed by atoms with Gasteiger partial charge in [0.1, 0.15) is 4.90 Å². The number of pyridine rings is 2. The maximum atomic E-state index is 12.4. The summed E-state index contributed by atoms with van der Waals surface area (Å²) in [5.74, 6) is 0. The van der Waals surface area contributed by atoms with Gasteiger partial charge in [0.05, 0.1) is 5.69 Å². The van der Waals surface area contributed by atoms with E-state index in [-0.39, 0.29) is 11.4 Å². The van der Waals surface area contributed by atoms with Crippen molar-refractivity contribution in [1.29, 1.82) is 0 Å². The van der Waals surface area contributed by atoms with Crippen LogP contribution in [0.5, 0.6) is 0 Å². The first-order valence-corrected chi connectivity index (χ1v) is 8.10. The lowest BCUT2D eigenvalue weighted by atomic mass is 10.2. The molecular weight excluding hydrogens is 288 g/mol. The molecule has 6 nitrogen and oxygen atoms in total. The van der Waals surface area contributed by atoms with Gasteiger partial charge in [0.2, 0.25) is 10.0 Å². The van der Waals surface area contributed by atoms with Crippen molar-refractivity contribution in [2.75, 3.05) is 11.9 Å². The number of anilines is 1. The molecular formula is C14H18N4O2S. The van der Waals surface area contributed by atoms with Gasteiger partial charge in [-0.3, -0.25) is 9.97 Å². The number of rotatable bonds is 6. The van der Waals surface area contributed by atoms with Gasteiger partial charge in [-0.1, -0.05) is 0 Å². The number of hydrogen-bond acceptors (Lipinski definition) is 5. The highest BCUT2D eigenvalue weighted by molar-refractivity contribution is 7.89. The zero-order valence-corrected chi connectivity index (χ0v) is 12.8. The molecule has 0 radical (unpaired) electrons. The molecule has 0 atom stereocenters. The Kier molecular flexibility index (Phi) is 4.87. The van der Waals surface area contributed by atoms with Crippen LogP contribution >= 0.6 is 0 Å². The zero-order chi connectivity index (χ0) is 15.3. The molecule has 0 aromatic carbocycles. The number of nitrogens with zero attached hydrogens (tertiary/aromatic N) is 2. The number of aryl methyl sites for hydroxylation is 1. The number of sulfonamides is 1. The first-order valence-electron chi connectivity index (χ1n) is 6.61. The topological polar surface area (TPSA) is 84.0 Å². The van der Waals surface area contributed by atoms with Crippen molar-refractivity contribution in [1.82, 2.24) is 14.7 Å². The Hall–Kier alpha value is -1.99. The second-order valence-corrected chi connectivity index (χ2v) is 6.26. The Balaban J connectivity index is 2.21. The van der Waals surface area contributed by atoms with E-state index in [1.807, 2.05) is 19.9 Å². The van der Waals surface area contributed by atoms with Gasteiger partial charge in [-0.15, -0.1) is 0 Å². The van der Waals surface area contributed by atoms with Gasteiger partial charge in [-0.25, -0.2) is 13.1 Å². The van der Waals surface area contributed by atoms with Crippen molar-refractivity contribution >= 4 is 15.7 Å². The monoisotopic (exact) mass is 306 g/mol. The molecule has 2 heterocycles. The summed E-state index contributed by atoms with van der Waals surface area (Å²) in [6.45, 7) is 4.65. The summed E-state index contributed by atoms with van der Waals surface area (Å²) >= 11 is 0. The van der Waals surface area contributed by atoms with Gasteiger partial charge in [-0.05, 0) is 37.1 Å². The molecule has 7 heteroatoms. The van der Waals surface area contributed by atoms with Crippen LogP contribution < -0.4 is 10.0 Å². The van der Waals surface area contributed by atoms with Crippen LogP contribution in [0.1, 0.15) is 18.1 Å². The highest BCUT2D eigenvalue weighted by Gasteiger charge is 2.18. The number of aromatic nitrogens is 2. The molecule has 0 aliphatic rings. The van der Waals surface area contributed by atoms with E-state index in [1.165, 1.54) is 6.20 Å². The molecule has 2 aromatic heterocycles. The minimum absolute atomic E-state index is 0.147. The van der Waals surface area contributed by atoms with E-state index in [1.54, 1.807) is 24.7 Å². The third-order valence-corrected chi connectivity index (χ3v) is 4.47. The third kappa shape index (κ3) is 3.77. The van der Waals surface area contributed by atoms with E-state index in [0.717, 1.165) is 11.1 Å². The molecule has 0 saturated heterocycles. The first kappa shape index (κ1) is 15.4. The Morgan fingerprint density at radius 2 is 1.86 bits per heavy atom. The lowest BCUT2D eigenvalue weighted by molar-refractivity contribution is 0.581. The molecule has 0 fully saturated rings. The molecule has 2 rings (SSSR count). The van der Waals surface area contributed by atoms with Gasteiger partial charge in [0.15, 0.2) is 0 Å². The van der Waals surface area contributed by atoms with Crippen LogP contribution in [0, 0.1) is 6.92 Å². The summed E-state index contributed by atoms with van der Waals surface area (Å²) in [7, 11) is -3.63. The molecule has 0 saturated carbocycles. The van der Waals surface area contributed by atoms with Crippen molar-refractivity contribution in [2.45, 2.75) is 25.3 Å². The summed E-state index contributed by atoms with van der Waals surface area (Å²) in [6.07, 6.45) is 6.24. The van der Waals surface area contributed by atoms with Crippen molar-refractivity contribution in [2.24, 2.45) is 0 Å². The van der Waals surface area contributed by atoms with Gasteiger partial charge in [0.25, 0.3) is 0 Å². The summed E-state index contributed by atoms with van der Waals surface area (Å²) < 4.78 is 27.4. The Bertz CT molecular complexity index is 716. The summed E-state index contributed by atoms with van der Waals surface area (Å²) in [6, 6.07) is 3.49. The van der Waals surface area contributed by atoms with E-state index < -0.39 is 10.0 Å². The van der Waals surface area contributed by atoms with Crippen molar-refractivity contribution in [3.8, 4) is 0 Å². The van der Waals surface area contributed by atoms with E-state index >= 15 is 0 Å². The van der Waals surface area contributed by atoms with Crippen LogP contribution in [-0.4, -0.2) is 24.9 Å². The first-order chi connectivity index (χ1) is 10.0. The number of hydrogen-bond donors (Lipinski definition) is 2. The molecule has 0 bridgehead atoms. The molecule has 0 aliphatic carbocycles. The largest absolute Gasteiger partial charge is 0.384 e. The van der Waals surface area contributed by atoms with Crippen molar-refractivity contribution in [3.05, 3.63) is 48.0 Å². The van der Waals surface area contributed by atoms with E-state index in [9.17, 15) is 8.42 Å². The minimum Gasteiger partial charge on any atom is -0.384 e. The van der Waals surface area contributed by atoms with Gasteiger partial charge < -0.3 is 5.32 Å². The molecule has 2 aromatic rings. The number of nitrogens with one attached hydrogen (secondary N) is 2. The average Bonchev–Trinajstić information content (AvgIpc) is 2.47. The molecule has 0 spiro atoms. The Morgan fingerprint density at radius 1 is 1.14 bits per heavy atom. The smallest absolute Gasteiger partial charge is 0.244 e. The molecule has 0 aliphatic heterocycles. The van der Waals surface area contributed by atoms with Crippen LogP contribution in [0.15, 0.2) is 41.8 Å². The molecule has 2 N–H and O–H groups in total. The predicted octanol–water partition coefficient (Wildman–Crippen LogP) is 1.70. The van der Waals surface area contributed by atoms with Gasteiger partial charge >= 0.3 is 0 Å². The SMILES string of the molecule is CCNc1ccncc1S(=O)(=O)NCc1cnccc1C. The van der Waals surface area contributed by atoms with E-state index in [0.29, 0.717) is 12.2 Å². The normalized spacial score (nSPS) is 11.3. The lowest BCUT2D eigenvalue weighted by Gasteiger charge is -2.12. The molecule has 0 unspecified atom stereocenters. The van der Waals surface area contributed by atoms with Crippen LogP contribution in [0.3, 0.4) is 0 Å². The van der Waals surface area contributed by atoms with Crippen molar-refractivity contribution < 1.29 is 8.42 Å². The standard InChI is InChI=1S/C14H18N4O2S/c1-3-17-13-5-7-16-10-14(13)21(19,20)18-9-12-8-15-6-4-11(12)2/h4-8,10,18H,3,9H2,1-2H3,(H,16,17).